The first-order valence-corrected chi connectivity index (χ1v) is 7.50. The van der Waals surface area contributed by atoms with Crippen LogP contribution >= 0.6 is 0 Å². The van der Waals surface area contributed by atoms with Crippen molar-refractivity contribution < 1.29 is 4.74 Å². The SMILES string of the molecule is CCOc1ccc(C(C#N)N2CC(C)CC(C)C2)cc1. The van der Waals surface area contributed by atoms with Crippen molar-refractivity contribution in [1.82, 2.24) is 4.90 Å². The molecule has 0 bridgehead atoms. The van der Waals surface area contributed by atoms with E-state index < -0.39 is 0 Å². The lowest BCUT2D eigenvalue weighted by Gasteiger charge is -2.37. The molecule has 3 atom stereocenters. The number of nitrogens with zero attached hydrogens (tertiary/aromatic N) is 2. The Labute approximate surface area is 122 Å². The number of ether oxygens (including phenoxy) is 1. The van der Waals surface area contributed by atoms with E-state index >= 15 is 0 Å². The van der Waals surface area contributed by atoms with Crippen LogP contribution in [0.5, 0.6) is 5.75 Å². The van der Waals surface area contributed by atoms with E-state index in [1.165, 1.54) is 6.42 Å². The molecule has 1 aromatic carbocycles. The molecule has 0 spiro atoms. The Bertz CT molecular complexity index is 453. The lowest BCUT2D eigenvalue weighted by molar-refractivity contribution is 0.117. The van der Waals surface area contributed by atoms with Gasteiger partial charge in [0.15, 0.2) is 0 Å². The van der Waals surface area contributed by atoms with E-state index in [0.29, 0.717) is 18.4 Å². The van der Waals surface area contributed by atoms with Crippen LogP contribution in [0.1, 0.15) is 38.8 Å². The molecule has 1 heterocycles. The molecule has 3 heteroatoms. The summed E-state index contributed by atoms with van der Waals surface area (Å²) in [4.78, 5) is 2.31. The average Bonchev–Trinajstić information content (AvgIpc) is 2.41. The molecular weight excluding hydrogens is 248 g/mol. The topological polar surface area (TPSA) is 36.3 Å². The van der Waals surface area contributed by atoms with Gasteiger partial charge in [-0.2, -0.15) is 5.26 Å². The quantitative estimate of drug-likeness (QED) is 0.839. The van der Waals surface area contributed by atoms with Crippen LogP contribution < -0.4 is 4.74 Å². The third-order valence-corrected chi connectivity index (χ3v) is 3.89. The summed E-state index contributed by atoms with van der Waals surface area (Å²) < 4.78 is 5.46. The maximum absolute atomic E-state index is 9.55. The molecule has 1 aliphatic rings. The monoisotopic (exact) mass is 272 g/mol. The predicted molar refractivity (Wildman–Crippen MR) is 80.5 cm³/mol. The Morgan fingerprint density at radius 1 is 1.25 bits per heavy atom. The molecular formula is C17H24N2O. The second-order valence-corrected chi connectivity index (χ2v) is 5.93. The first kappa shape index (κ1) is 14.9. The molecule has 1 saturated heterocycles. The van der Waals surface area contributed by atoms with Gasteiger partial charge in [-0.15, -0.1) is 0 Å². The maximum atomic E-state index is 9.55. The summed E-state index contributed by atoms with van der Waals surface area (Å²) >= 11 is 0. The lowest BCUT2D eigenvalue weighted by atomic mass is 9.90. The Morgan fingerprint density at radius 2 is 1.85 bits per heavy atom. The molecule has 0 radical (unpaired) electrons. The molecule has 1 fully saturated rings. The van der Waals surface area contributed by atoms with Gasteiger partial charge in [0.25, 0.3) is 0 Å². The first-order chi connectivity index (χ1) is 9.63. The van der Waals surface area contributed by atoms with Gasteiger partial charge in [-0.25, -0.2) is 0 Å². The summed E-state index contributed by atoms with van der Waals surface area (Å²) in [5, 5.41) is 9.55. The molecule has 0 amide bonds. The van der Waals surface area contributed by atoms with E-state index in [2.05, 4.69) is 24.8 Å². The van der Waals surface area contributed by atoms with Gasteiger partial charge < -0.3 is 4.74 Å². The summed E-state index contributed by atoms with van der Waals surface area (Å²) in [6.45, 7) is 9.21. The van der Waals surface area contributed by atoms with Gasteiger partial charge in [-0.1, -0.05) is 26.0 Å². The van der Waals surface area contributed by atoms with Gasteiger partial charge in [-0.3, -0.25) is 4.90 Å². The molecule has 3 unspecified atom stereocenters. The molecule has 0 N–H and O–H groups in total. The van der Waals surface area contributed by atoms with E-state index in [-0.39, 0.29) is 6.04 Å². The minimum atomic E-state index is -0.143. The van der Waals surface area contributed by atoms with Crippen LogP contribution in [0.2, 0.25) is 0 Å². The Kier molecular flexibility index (Phi) is 5.03. The first-order valence-electron chi connectivity index (χ1n) is 7.50. The smallest absolute Gasteiger partial charge is 0.123 e. The van der Waals surface area contributed by atoms with E-state index in [1.54, 1.807) is 0 Å². The van der Waals surface area contributed by atoms with Crippen LogP contribution in [0.15, 0.2) is 24.3 Å². The Hall–Kier alpha value is -1.53. The van der Waals surface area contributed by atoms with Crippen molar-refractivity contribution in [3.8, 4) is 11.8 Å². The number of hydrogen-bond donors (Lipinski definition) is 0. The minimum absolute atomic E-state index is 0.143. The molecule has 1 aromatic rings. The van der Waals surface area contributed by atoms with Crippen LogP contribution in [0.25, 0.3) is 0 Å². The highest BCUT2D eigenvalue weighted by Crippen LogP contribution is 2.29. The summed E-state index contributed by atoms with van der Waals surface area (Å²) in [6.07, 6.45) is 1.26. The molecule has 1 aliphatic heterocycles. The van der Waals surface area contributed by atoms with Crippen molar-refractivity contribution in [1.29, 1.82) is 5.26 Å². The van der Waals surface area contributed by atoms with E-state index in [1.807, 2.05) is 31.2 Å². The second-order valence-electron chi connectivity index (χ2n) is 5.93. The van der Waals surface area contributed by atoms with Gasteiger partial charge in [-0.05, 0) is 42.9 Å². The largest absolute Gasteiger partial charge is 0.494 e. The molecule has 3 nitrogen and oxygen atoms in total. The van der Waals surface area contributed by atoms with Gasteiger partial charge in [0.2, 0.25) is 0 Å². The van der Waals surface area contributed by atoms with Crippen molar-refractivity contribution in [2.75, 3.05) is 19.7 Å². The summed E-state index contributed by atoms with van der Waals surface area (Å²) in [7, 11) is 0. The Balaban J connectivity index is 2.13. The fourth-order valence-corrected chi connectivity index (χ4v) is 3.20. The normalized spacial score (nSPS) is 24.9. The zero-order chi connectivity index (χ0) is 14.5. The standard InChI is InChI=1S/C17H24N2O/c1-4-20-16-7-5-15(6-8-16)17(10-18)19-11-13(2)9-14(3)12-19/h5-8,13-14,17H,4,9,11-12H2,1-3H3. The second kappa shape index (κ2) is 6.76. The molecule has 0 saturated carbocycles. The summed E-state index contributed by atoms with van der Waals surface area (Å²) in [5.74, 6) is 2.20. The highest BCUT2D eigenvalue weighted by atomic mass is 16.5. The fourth-order valence-electron chi connectivity index (χ4n) is 3.20. The number of benzene rings is 1. The molecule has 20 heavy (non-hydrogen) atoms. The maximum Gasteiger partial charge on any atom is 0.123 e. The zero-order valence-electron chi connectivity index (χ0n) is 12.7. The van der Waals surface area contributed by atoms with E-state index in [4.69, 9.17) is 4.74 Å². The Morgan fingerprint density at radius 3 is 2.35 bits per heavy atom. The van der Waals surface area contributed by atoms with Crippen molar-refractivity contribution in [2.24, 2.45) is 11.8 Å². The van der Waals surface area contributed by atoms with Crippen LogP contribution in [0.3, 0.4) is 0 Å². The molecule has 2 rings (SSSR count). The van der Waals surface area contributed by atoms with Crippen molar-refractivity contribution in [3.05, 3.63) is 29.8 Å². The van der Waals surface area contributed by atoms with Crippen LogP contribution in [0, 0.1) is 23.2 Å². The number of piperidine rings is 1. The van der Waals surface area contributed by atoms with Gasteiger partial charge in [0.05, 0.1) is 12.7 Å². The van der Waals surface area contributed by atoms with Gasteiger partial charge >= 0.3 is 0 Å². The van der Waals surface area contributed by atoms with Crippen LogP contribution in [0.4, 0.5) is 0 Å². The number of rotatable bonds is 4. The van der Waals surface area contributed by atoms with Crippen molar-refractivity contribution >= 4 is 0 Å². The number of nitriles is 1. The van der Waals surface area contributed by atoms with Crippen molar-refractivity contribution in [3.63, 3.8) is 0 Å². The van der Waals surface area contributed by atoms with Gasteiger partial charge in [0.1, 0.15) is 11.8 Å². The van der Waals surface area contributed by atoms with E-state index in [0.717, 1.165) is 24.4 Å². The number of likely N-dealkylation sites (tertiary alicyclic amines) is 1. The molecule has 0 aliphatic carbocycles. The van der Waals surface area contributed by atoms with Gasteiger partial charge in [0, 0.05) is 13.1 Å². The third-order valence-electron chi connectivity index (χ3n) is 3.89. The van der Waals surface area contributed by atoms with E-state index in [9.17, 15) is 5.26 Å². The van der Waals surface area contributed by atoms with Crippen LogP contribution in [-0.4, -0.2) is 24.6 Å². The van der Waals surface area contributed by atoms with Crippen LogP contribution in [-0.2, 0) is 0 Å². The molecule has 108 valence electrons. The highest BCUT2D eigenvalue weighted by molar-refractivity contribution is 5.31. The lowest BCUT2D eigenvalue weighted by Crippen LogP contribution is -2.40. The predicted octanol–water partition coefficient (Wildman–Crippen LogP) is 3.63. The van der Waals surface area contributed by atoms with Crippen molar-refractivity contribution in [2.45, 2.75) is 33.2 Å². The zero-order valence-corrected chi connectivity index (χ0v) is 12.7. The molecule has 0 aromatic heterocycles. The fraction of sp³-hybridized carbons (Fsp3) is 0.588. The summed E-state index contributed by atoms with van der Waals surface area (Å²) in [5.41, 5.74) is 1.07. The minimum Gasteiger partial charge on any atom is -0.494 e. The average molecular weight is 272 g/mol. The number of hydrogen-bond acceptors (Lipinski definition) is 3. The third kappa shape index (κ3) is 3.52. The summed E-state index contributed by atoms with van der Waals surface area (Å²) in [6, 6.07) is 10.3. The highest BCUT2D eigenvalue weighted by Gasteiger charge is 2.28.